The zero-order valence-corrected chi connectivity index (χ0v) is 15.4. The van der Waals surface area contributed by atoms with Gasteiger partial charge >= 0.3 is 0 Å². The highest BCUT2D eigenvalue weighted by atomic mass is 19.1. The number of methoxy groups -OCH3 is 2. The van der Waals surface area contributed by atoms with Crippen molar-refractivity contribution in [3.8, 4) is 11.5 Å². The Hall–Kier alpha value is -2.67. The summed E-state index contributed by atoms with van der Waals surface area (Å²) in [4.78, 5) is 13.4. The van der Waals surface area contributed by atoms with Crippen LogP contribution in [0.1, 0.15) is 24.4 Å². The van der Waals surface area contributed by atoms with Gasteiger partial charge in [-0.25, -0.2) is 8.78 Å². The molecule has 0 saturated carbocycles. The van der Waals surface area contributed by atoms with Crippen LogP contribution in [0.15, 0.2) is 36.4 Å². The van der Waals surface area contributed by atoms with E-state index in [-0.39, 0.29) is 12.6 Å². The number of amides is 1. The molecule has 7 heteroatoms. The van der Waals surface area contributed by atoms with E-state index in [1.807, 2.05) is 18.2 Å². The van der Waals surface area contributed by atoms with E-state index in [0.717, 1.165) is 42.0 Å². The largest absolute Gasteiger partial charge is 0.497 e. The van der Waals surface area contributed by atoms with E-state index < -0.39 is 23.2 Å². The van der Waals surface area contributed by atoms with Gasteiger partial charge in [-0.2, -0.15) is 0 Å². The van der Waals surface area contributed by atoms with Gasteiger partial charge in [0.25, 0.3) is 5.91 Å². The van der Waals surface area contributed by atoms with Crippen LogP contribution >= 0.6 is 0 Å². The highest BCUT2D eigenvalue weighted by Crippen LogP contribution is 2.31. The number of ether oxygens (including phenoxy) is 2. The van der Waals surface area contributed by atoms with Crippen LogP contribution in [0.2, 0.25) is 0 Å². The van der Waals surface area contributed by atoms with Crippen molar-refractivity contribution in [2.24, 2.45) is 0 Å². The molecule has 1 aliphatic rings. The molecule has 0 radical (unpaired) electrons. The molecule has 2 aromatic carbocycles. The number of anilines is 1. The quantitative estimate of drug-likeness (QED) is 0.813. The molecule has 2 aromatic rings. The van der Waals surface area contributed by atoms with Crippen LogP contribution < -0.4 is 19.7 Å². The molecule has 3 rings (SSSR count). The molecule has 0 spiro atoms. The van der Waals surface area contributed by atoms with Crippen LogP contribution in [0.3, 0.4) is 0 Å². The van der Waals surface area contributed by atoms with E-state index >= 15 is 0 Å². The number of carbonyl (C=O) groups excluding carboxylic acids is 1. The molecule has 5 nitrogen and oxygen atoms in total. The minimum absolute atomic E-state index is 0.0714. The number of nitrogens with one attached hydrogen (secondary N) is 2. The second-order valence-corrected chi connectivity index (χ2v) is 6.53. The maximum atomic E-state index is 13.7. The van der Waals surface area contributed by atoms with Crippen LogP contribution in [0.25, 0.3) is 0 Å². The predicted octanol–water partition coefficient (Wildman–Crippen LogP) is 2.34. The molecule has 1 heterocycles. The minimum Gasteiger partial charge on any atom is -0.497 e. The number of para-hydroxylation sites is 1. The molecule has 0 aromatic heterocycles. The van der Waals surface area contributed by atoms with Crippen molar-refractivity contribution in [1.82, 2.24) is 0 Å². The van der Waals surface area contributed by atoms with E-state index in [9.17, 15) is 13.6 Å². The first-order valence-electron chi connectivity index (χ1n) is 8.84. The van der Waals surface area contributed by atoms with Crippen LogP contribution in [-0.4, -0.2) is 33.2 Å². The van der Waals surface area contributed by atoms with Gasteiger partial charge in [-0.1, -0.05) is 6.07 Å². The average molecular weight is 377 g/mol. The van der Waals surface area contributed by atoms with Gasteiger partial charge in [-0.15, -0.1) is 0 Å². The van der Waals surface area contributed by atoms with Crippen molar-refractivity contribution in [3.63, 3.8) is 0 Å². The third-order valence-corrected chi connectivity index (χ3v) is 4.91. The van der Waals surface area contributed by atoms with Gasteiger partial charge in [-0.05, 0) is 24.3 Å². The Balaban J connectivity index is 1.74. The van der Waals surface area contributed by atoms with Crippen molar-refractivity contribution in [2.75, 3.05) is 32.6 Å². The Morgan fingerprint density at radius 3 is 2.59 bits per heavy atom. The summed E-state index contributed by atoms with van der Waals surface area (Å²) < 4.78 is 38.2. The fraction of sp³-hybridized carbons (Fsp3) is 0.350. The number of hydrogen-bond donors (Lipinski definition) is 2. The fourth-order valence-electron chi connectivity index (χ4n) is 3.61. The Bertz CT molecular complexity index is 809. The van der Waals surface area contributed by atoms with Crippen LogP contribution in [0.4, 0.5) is 14.5 Å². The summed E-state index contributed by atoms with van der Waals surface area (Å²) >= 11 is 0. The maximum Gasteiger partial charge on any atom is 0.279 e. The number of carbonyl (C=O) groups is 1. The van der Waals surface area contributed by atoms with Crippen molar-refractivity contribution in [2.45, 2.75) is 18.9 Å². The number of halogens is 2. The highest BCUT2D eigenvalue weighted by molar-refractivity contribution is 5.91. The number of rotatable bonds is 6. The summed E-state index contributed by atoms with van der Waals surface area (Å²) in [5.74, 6) is -0.586. The molecule has 1 saturated heterocycles. The molecule has 1 unspecified atom stereocenters. The molecule has 1 fully saturated rings. The lowest BCUT2D eigenvalue weighted by molar-refractivity contribution is -0.910. The van der Waals surface area contributed by atoms with E-state index in [2.05, 4.69) is 5.32 Å². The summed E-state index contributed by atoms with van der Waals surface area (Å²) in [6, 6.07) is 9.20. The van der Waals surface area contributed by atoms with Crippen molar-refractivity contribution in [1.29, 1.82) is 0 Å². The zero-order chi connectivity index (χ0) is 19.4. The Kier molecular flexibility index (Phi) is 5.91. The second-order valence-electron chi connectivity index (χ2n) is 6.53. The summed E-state index contributed by atoms with van der Waals surface area (Å²) in [5, 5.41) is 2.36. The molecule has 0 aliphatic carbocycles. The average Bonchev–Trinajstić information content (AvgIpc) is 3.12. The van der Waals surface area contributed by atoms with E-state index in [4.69, 9.17) is 9.47 Å². The van der Waals surface area contributed by atoms with E-state index in [1.54, 1.807) is 14.2 Å². The second kappa shape index (κ2) is 8.35. The number of benzene rings is 2. The summed E-state index contributed by atoms with van der Waals surface area (Å²) in [6.45, 7) is 0.917. The van der Waals surface area contributed by atoms with Gasteiger partial charge in [-0.3, -0.25) is 4.79 Å². The molecule has 0 bridgehead atoms. The monoisotopic (exact) mass is 377 g/mol. The smallest absolute Gasteiger partial charge is 0.279 e. The molecule has 144 valence electrons. The lowest BCUT2D eigenvalue weighted by Crippen LogP contribution is -3.11. The Labute approximate surface area is 156 Å². The SMILES string of the molecule is COc1ccc([C@@H]2CCC[NH+]2CC(=O)Nc2c(F)cccc2F)c(OC)c1. The molecule has 1 amide bonds. The van der Waals surface area contributed by atoms with Crippen LogP contribution in [0.5, 0.6) is 11.5 Å². The number of likely N-dealkylation sites (tertiary alicyclic amines) is 1. The molecular weight excluding hydrogens is 354 g/mol. The standard InChI is InChI=1S/C20H22F2N2O3/c1-26-13-8-9-14(18(11-13)27-2)17-7-4-10-24(17)12-19(25)23-20-15(21)5-3-6-16(20)22/h3,5-6,8-9,11,17H,4,7,10,12H2,1-2H3,(H,23,25)/p+1/t17-/m0/s1. The Morgan fingerprint density at radius 2 is 1.93 bits per heavy atom. The summed E-state index contributed by atoms with van der Waals surface area (Å²) in [7, 11) is 3.19. The van der Waals surface area contributed by atoms with Crippen LogP contribution in [0, 0.1) is 11.6 Å². The lowest BCUT2D eigenvalue weighted by Gasteiger charge is -2.23. The van der Waals surface area contributed by atoms with E-state index in [1.165, 1.54) is 6.07 Å². The summed E-state index contributed by atoms with van der Waals surface area (Å²) in [5.41, 5.74) is 0.593. The van der Waals surface area contributed by atoms with Gasteiger partial charge in [0.2, 0.25) is 0 Å². The fourth-order valence-corrected chi connectivity index (χ4v) is 3.61. The third kappa shape index (κ3) is 4.19. The van der Waals surface area contributed by atoms with Crippen LogP contribution in [-0.2, 0) is 4.79 Å². The minimum atomic E-state index is -0.784. The van der Waals surface area contributed by atoms with Gasteiger partial charge in [0.15, 0.2) is 6.54 Å². The van der Waals surface area contributed by atoms with E-state index in [0.29, 0.717) is 11.5 Å². The van der Waals surface area contributed by atoms with Gasteiger partial charge < -0.3 is 19.7 Å². The maximum absolute atomic E-state index is 13.7. The number of quaternary nitrogens is 1. The molecular formula is C20H23F2N2O3+. The first kappa shape index (κ1) is 19.1. The zero-order valence-electron chi connectivity index (χ0n) is 15.4. The van der Waals surface area contributed by atoms with Gasteiger partial charge in [0, 0.05) is 18.9 Å². The number of hydrogen-bond acceptors (Lipinski definition) is 3. The Morgan fingerprint density at radius 1 is 1.19 bits per heavy atom. The topological polar surface area (TPSA) is 52.0 Å². The third-order valence-electron chi connectivity index (χ3n) is 4.91. The molecule has 2 N–H and O–H groups in total. The molecule has 2 atom stereocenters. The highest BCUT2D eigenvalue weighted by Gasteiger charge is 2.34. The molecule has 1 aliphatic heterocycles. The van der Waals surface area contributed by atoms with Crippen molar-refractivity contribution in [3.05, 3.63) is 53.6 Å². The van der Waals surface area contributed by atoms with Gasteiger partial charge in [0.1, 0.15) is 34.9 Å². The predicted molar refractivity (Wildman–Crippen MR) is 97.2 cm³/mol. The van der Waals surface area contributed by atoms with Crippen molar-refractivity contribution >= 4 is 11.6 Å². The molecule has 27 heavy (non-hydrogen) atoms. The first-order valence-corrected chi connectivity index (χ1v) is 8.84. The summed E-state index contributed by atoms with van der Waals surface area (Å²) in [6.07, 6.45) is 1.86. The normalized spacial score (nSPS) is 19.0. The lowest BCUT2D eigenvalue weighted by atomic mass is 10.0. The van der Waals surface area contributed by atoms with Crippen molar-refractivity contribution < 1.29 is 27.9 Å². The first-order chi connectivity index (χ1) is 13.0. The van der Waals surface area contributed by atoms with Gasteiger partial charge in [0.05, 0.1) is 26.3 Å².